The van der Waals surface area contributed by atoms with Crippen LogP contribution in [-0.4, -0.2) is 44.4 Å². The molecule has 2 saturated carbocycles. The molecule has 0 saturated heterocycles. The number of benzene rings is 1. The Kier molecular flexibility index (Phi) is 7.38. The highest BCUT2D eigenvalue weighted by atomic mass is 32.2. The number of halogens is 1. The molecule has 2 aromatic rings. The number of fused-ring (bicyclic) bond motifs is 2. The zero-order valence-electron chi connectivity index (χ0n) is 19.2. The van der Waals surface area contributed by atoms with E-state index in [1.807, 2.05) is 18.7 Å². The fourth-order valence-corrected chi connectivity index (χ4v) is 6.43. The smallest absolute Gasteiger partial charge is 0.233 e. The van der Waals surface area contributed by atoms with Crippen molar-refractivity contribution in [2.75, 3.05) is 18.8 Å². The first-order valence-corrected chi connectivity index (χ1v) is 12.7. The Morgan fingerprint density at radius 1 is 1.25 bits per heavy atom. The number of nitrogens with zero attached hydrogens (tertiary/aromatic N) is 4. The van der Waals surface area contributed by atoms with Crippen molar-refractivity contribution in [2.45, 2.75) is 64.3 Å². The molecule has 1 amide bonds. The highest BCUT2D eigenvalue weighted by Crippen LogP contribution is 2.52. The second kappa shape index (κ2) is 10.2. The van der Waals surface area contributed by atoms with Crippen LogP contribution in [-0.2, 0) is 11.4 Å². The Balaban J connectivity index is 1.54. The number of carbonyl (C=O) groups is 1. The van der Waals surface area contributed by atoms with Crippen LogP contribution in [0.3, 0.4) is 0 Å². The van der Waals surface area contributed by atoms with E-state index in [9.17, 15) is 9.18 Å². The highest BCUT2D eigenvalue weighted by molar-refractivity contribution is 7.99. The van der Waals surface area contributed by atoms with Gasteiger partial charge in [0, 0.05) is 19.1 Å². The Bertz CT molecular complexity index is 932. The number of amides is 1. The predicted molar refractivity (Wildman–Crippen MR) is 123 cm³/mol. The van der Waals surface area contributed by atoms with Crippen LogP contribution in [0.4, 0.5) is 4.39 Å². The van der Waals surface area contributed by atoms with E-state index in [1.165, 1.54) is 43.5 Å². The molecule has 32 heavy (non-hydrogen) atoms. The second-order valence-electron chi connectivity index (χ2n) is 8.92. The van der Waals surface area contributed by atoms with Gasteiger partial charge in [0.2, 0.25) is 5.91 Å². The molecule has 4 rings (SSSR count). The van der Waals surface area contributed by atoms with Crippen LogP contribution in [0.25, 0.3) is 0 Å². The lowest BCUT2D eigenvalue weighted by molar-refractivity contribution is -0.127. The SMILES string of the molecule is CCN(CC)C(=O)CSc1nnc(COc2ccccc2F)n1C(C)C1CC2CCC1C2. The third-order valence-electron chi connectivity index (χ3n) is 7.19. The minimum Gasteiger partial charge on any atom is -0.483 e. The summed E-state index contributed by atoms with van der Waals surface area (Å²) in [7, 11) is 0. The number of carbonyl (C=O) groups excluding carboxylic acids is 1. The predicted octanol–water partition coefficient (Wildman–Crippen LogP) is 4.95. The Morgan fingerprint density at radius 3 is 2.69 bits per heavy atom. The molecule has 0 spiro atoms. The van der Waals surface area contributed by atoms with Crippen LogP contribution < -0.4 is 4.74 Å². The summed E-state index contributed by atoms with van der Waals surface area (Å²) in [6.45, 7) is 7.76. The maximum atomic E-state index is 14.0. The van der Waals surface area contributed by atoms with E-state index in [4.69, 9.17) is 4.74 Å². The summed E-state index contributed by atoms with van der Waals surface area (Å²) in [5.41, 5.74) is 0. The van der Waals surface area contributed by atoms with Gasteiger partial charge in [-0.15, -0.1) is 10.2 Å². The summed E-state index contributed by atoms with van der Waals surface area (Å²) in [5, 5.41) is 9.56. The van der Waals surface area contributed by atoms with Crippen LogP contribution >= 0.6 is 11.8 Å². The zero-order chi connectivity index (χ0) is 22.7. The quantitative estimate of drug-likeness (QED) is 0.469. The summed E-state index contributed by atoms with van der Waals surface area (Å²) < 4.78 is 22.0. The van der Waals surface area contributed by atoms with Gasteiger partial charge in [0.1, 0.15) is 6.61 Å². The molecule has 2 aliphatic rings. The van der Waals surface area contributed by atoms with Gasteiger partial charge in [-0.05, 0) is 69.9 Å². The number of ether oxygens (including phenoxy) is 1. The Hall–Kier alpha value is -2.09. The third kappa shape index (κ3) is 4.80. The Labute approximate surface area is 193 Å². The number of hydrogen-bond donors (Lipinski definition) is 0. The van der Waals surface area contributed by atoms with Gasteiger partial charge in [0.05, 0.1) is 5.75 Å². The van der Waals surface area contributed by atoms with Crippen LogP contribution in [0.5, 0.6) is 5.75 Å². The molecule has 2 aliphatic carbocycles. The van der Waals surface area contributed by atoms with Crippen LogP contribution in [0.1, 0.15) is 58.3 Å². The van der Waals surface area contributed by atoms with E-state index >= 15 is 0 Å². The minimum atomic E-state index is -0.390. The van der Waals surface area contributed by atoms with Gasteiger partial charge in [0.25, 0.3) is 0 Å². The van der Waals surface area contributed by atoms with Crippen molar-refractivity contribution in [2.24, 2.45) is 17.8 Å². The second-order valence-corrected chi connectivity index (χ2v) is 9.86. The van der Waals surface area contributed by atoms with Crippen LogP contribution in [0.15, 0.2) is 29.4 Å². The standard InChI is InChI=1S/C24H33FN4O2S/c1-4-28(5-2)23(30)15-32-24-27-26-22(14-31-21-9-7-6-8-20(21)25)29(24)16(3)19-13-17-10-11-18(19)12-17/h6-9,16-19H,4-5,10-15H2,1-3H3. The van der Waals surface area contributed by atoms with E-state index in [2.05, 4.69) is 21.7 Å². The molecule has 0 N–H and O–H groups in total. The zero-order valence-corrected chi connectivity index (χ0v) is 20.0. The number of aromatic nitrogens is 3. The van der Waals surface area contributed by atoms with Crippen LogP contribution in [0.2, 0.25) is 0 Å². The molecule has 2 bridgehead atoms. The van der Waals surface area contributed by atoms with Crippen molar-refractivity contribution >= 4 is 17.7 Å². The molecule has 1 aromatic heterocycles. The average Bonchev–Trinajstić information content (AvgIpc) is 3.53. The van der Waals surface area contributed by atoms with Gasteiger partial charge in [0.15, 0.2) is 22.5 Å². The minimum absolute atomic E-state index is 0.103. The monoisotopic (exact) mass is 460 g/mol. The summed E-state index contributed by atoms with van der Waals surface area (Å²) >= 11 is 1.44. The summed E-state index contributed by atoms with van der Waals surface area (Å²) in [5.74, 6) is 3.09. The van der Waals surface area contributed by atoms with E-state index < -0.39 is 0 Å². The molecule has 0 radical (unpaired) electrons. The molecule has 6 nitrogen and oxygen atoms in total. The normalized spacial score (nSPS) is 22.8. The molecular weight excluding hydrogens is 427 g/mol. The van der Waals surface area contributed by atoms with Gasteiger partial charge in [-0.25, -0.2) is 4.39 Å². The molecular formula is C24H33FN4O2S. The largest absolute Gasteiger partial charge is 0.483 e. The molecule has 0 aliphatic heterocycles. The molecule has 2 fully saturated rings. The van der Waals surface area contributed by atoms with Crippen molar-refractivity contribution in [1.29, 1.82) is 0 Å². The number of thioether (sulfide) groups is 1. The molecule has 1 aromatic carbocycles. The fraction of sp³-hybridized carbons (Fsp3) is 0.625. The molecule has 174 valence electrons. The first-order valence-electron chi connectivity index (χ1n) is 11.7. The van der Waals surface area contributed by atoms with Crippen molar-refractivity contribution in [3.05, 3.63) is 35.9 Å². The van der Waals surface area contributed by atoms with Crippen molar-refractivity contribution in [3.63, 3.8) is 0 Å². The van der Waals surface area contributed by atoms with Gasteiger partial charge in [-0.3, -0.25) is 9.36 Å². The lowest BCUT2D eigenvalue weighted by Crippen LogP contribution is -2.32. The van der Waals surface area contributed by atoms with Gasteiger partial charge < -0.3 is 9.64 Å². The van der Waals surface area contributed by atoms with Gasteiger partial charge in [-0.2, -0.15) is 0 Å². The molecule has 8 heteroatoms. The topological polar surface area (TPSA) is 60.3 Å². The lowest BCUT2D eigenvalue weighted by Gasteiger charge is -2.30. The first kappa shape index (κ1) is 23.1. The third-order valence-corrected chi connectivity index (χ3v) is 8.12. The van der Waals surface area contributed by atoms with Crippen LogP contribution in [0, 0.1) is 23.6 Å². The van der Waals surface area contributed by atoms with Crippen molar-refractivity contribution in [3.8, 4) is 5.75 Å². The van der Waals surface area contributed by atoms with Gasteiger partial charge in [-0.1, -0.05) is 30.3 Å². The number of hydrogen-bond acceptors (Lipinski definition) is 5. The van der Waals surface area contributed by atoms with Gasteiger partial charge >= 0.3 is 0 Å². The molecule has 1 heterocycles. The summed E-state index contributed by atoms with van der Waals surface area (Å²) in [6, 6.07) is 6.61. The Morgan fingerprint density at radius 2 is 2.03 bits per heavy atom. The van der Waals surface area contributed by atoms with Crippen molar-refractivity contribution < 1.29 is 13.9 Å². The number of para-hydroxylation sites is 1. The summed E-state index contributed by atoms with van der Waals surface area (Å²) in [4.78, 5) is 14.4. The van der Waals surface area contributed by atoms with Crippen molar-refractivity contribution in [1.82, 2.24) is 19.7 Å². The van der Waals surface area contributed by atoms with E-state index in [0.29, 0.717) is 30.6 Å². The van der Waals surface area contributed by atoms with E-state index in [0.717, 1.165) is 17.0 Å². The van der Waals surface area contributed by atoms with E-state index in [-0.39, 0.29) is 30.1 Å². The van der Waals surface area contributed by atoms with E-state index in [1.54, 1.807) is 18.2 Å². The highest BCUT2D eigenvalue weighted by Gasteiger charge is 2.43. The fourth-order valence-electron chi connectivity index (χ4n) is 5.49. The maximum absolute atomic E-state index is 14.0. The lowest BCUT2D eigenvalue weighted by atomic mass is 9.84. The summed E-state index contributed by atoms with van der Waals surface area (Å²) in [6.07, 6.45) is 5.20. The average molecular weight is 461 g/mol. The number of rotatable bonds is 10. The molecule has 4 atom stereocenters. The first-order chi connectivity index (χ1) is 15.5. The maximum Gasteiger partial charge on any atom is 0.233 e. The molecule has 4 unspecified atom stereocenters.